The molecule has 148 valence electrons. The minimum atomic E-state index is -0.557. The van der Waals surface area contributed by atoms with Crippen molar-refractivity contribution < 1.29 is 13.9 Å². The molecule has 2 fully saturated rings. The zero-order valence-corrected chi connectivity index (χ0v) is 16.1. The Balaban J connectivity index is 1.37. The quantitative estimate of drug-likeness (QED) is 0.880. The minimum absolute atomic E-state index is 0.146. The van der Waals surface area contributed by atoms with E-state index in [0.29, 0.717) is 36.9 Å². The Labute approximate surface area is 163 Å². The number of hydrogen-bond acceptors (Lipinski definition) is 5. The van der Waals surface area contributed by atoms with Crippen LogP contribution in [0.2, 0.25) is 0 Å². The molecule has 0 aromatic carbocycles. The van der Waals surface area contributed by atoms with Crippen LogP contribution in [0.3, 0.4) is 0 Å². The first kappa shape index (κ1) is 17.7. The van der Waals surface area contributed by atoms with Crippen LogP contribution in [0, 0.1) is 6.92 Å². The molecule has 4 heterocycles. The van der Waals surface area contributed by atoms with Crippen molar-refractivity contribution in [2.75, 3.05) is 19.7 Å². The molecule has 0 radical (unpaired) electrons. The highest BCUT2D eigenvalue weighted by Crippen LogP contribution is 2.41. The van der Waals surface area contributed by atoms with Gasteiger partial charge in [0.05, 0.1) is 5.69 Å². The maximum absolute atomic E-state index is 13.1. The van der Waals surface area contributed by atoms with Gasteiger partial charge < -0.3 is 14.1 Å². The number of nitrogens with zero attached hydrogens (tertiary/aromatic N) is 2. The SMILES string of the molecule is Cc1cc(C2CCCO2)oc(=O)c1C(=O)N1CCc2[nH]nc(C3CC3)c2CC1. The van der Waals surface area contributed by atoms with Crippen molar-refractivity contribution in [2.24, 2.45) is 0 Å². The first-order chi connectivity index (χ1) is 13.6. The molecule has 5 rings (SSSR count). The smallest absolute Gasteiger partial charge is 0.349 e. The molecule has 0 spiro atoms. The summed E-state index contributed by atoms with van der Waals surface area (Å²) in [6, 6.07) is 1.79. The molecule has 0 bridgehead atoms. The molecule has 7 heteroatoms. The van der Waals surface area contributed by atoms with Crippen molar-refractivity contribution in [1.82, 2.24) is 15.1 Å². The van der Waals surface area contributed by atoms with Crippen LogP contribution in [0.5, 0.6) is 0 Å². The van der Waals surface area contributed by atoms with Gasteiger partial charge in [0.1, 0.15) is 17.4 Å². The maximum Gasteiger partial charge on any atom is 0.349 e. The maximum atomic E-state index is 13.1. The highest BCUT2D eigenvalue weighted by molar-refractivity contribution is 5.95. The van der Waals surface area contributed by atoms with Crippen molar-refractivity contribution >= 4 is 5.91 Å². The molecule has 1 N–H and O–H groups in total. The Hall–Kier alpha value is -2.41. The third-order valence-corrected chi connectivity index (χ3v) is 6.13. The van der Waals surface area contributed by atoms with E-state index in [4.69, 9.17) is 9.15 Å². The Morgan fingerprint density at radius 2 is 2.07 bits per heavy atom. The third-order valence-electron chi connectivity index (χ3n) is 6.13. The number of rotatable bonds is 3. The lowest BCUT2D eigenvalue weighted by molar-refractivity contribution is 0.0746. The average Bonchev–Trinajstić information content (AvgIpc) is 3.28. The first-order valence-electron chi connectivity index (χ1n) is 10.2. The molecule has 28 heavy (non-hydrogen) atoms. The zero-order chi connectivity index (χ0) is 19.3. The van der Waals surface area contributed by atoms with Crippen LogP contribution >= 0.6 is 0 Å². The molecular weight excluding hydrogens is 358 g/mol. The summed E-state index contributed by atoms with van der Waals surface area (Å²) in [5.74, 6) is 0.876. The van der Waals surface area contributed by atoms with Crippen LogP contribution in [0.4, 0.5) is 0 Å². The summed E-state index contributed by atoms with van der Waals surface area (Å²) >= 11 is 0. The summed E-state index contributed by atoms with van der Waals surface area (Å²) in [5.41, 5.74) is 3.84. The molecule has 2 aromatic rings. The summed E-state index contributed by atoms with van der Waals surface area (Å²) in [6.45, 7) is 3.65. The molecule has 1 saturated heterocycles. The highest BCUT2D eigenvalue weighted by Gasteiger charge is 2.32. The Morgan fingerprint density at radius 1 is 1.25 bits per heavy atom. The number of nitrogens with one attached hydrogen (secondary N) is 1. The number of aryl methyl sites for hydroxylation is 1. The minimum Gasteiger partial charge on any atom is -0.424 e. The van der Waals surface area contributed by atoms with E-state index in [9.17, 15) is 9.59 Å². The van der Waals surface area contributed by atoms with Crippen LogP contribution in [-0.2, 0) is 17.6 Å². The van der Waals surface area contributed by atoms with Crippen molar-refractivity contribution in [3.63, 3.8) is 0 Å². The zero-order valence-electron chi connectivity index (χ0n) is 16.1. The summed E-state index contributed by atoms with van der Waals surface area (Å²) in [6.07, 6.45) is 5.55. The predicted molar refractivity (Wildman–Crippen MR) is 102 cm³/mol. The lowest BCUT2D eigenvalue weighted by Crippen LogP contribution is -2.37. The number of ether oxygens (including phenoxy) is 1. The van der Waals surface area contributed by atoms with Crippen LogP contribution in [0.1, 0.15) is 76.3 Å². The van der Waals surface area contributed by atoms with Crippen LogP contribution in [0.25, 0.3) is 0 Å². The average molecular weight is 383 g/mol. The van der Waals surface area contributed by atoms with E-state index in [1.54, 1.807) is 17.9 Å². The van der Waals surface area contributed by atoms with Crippen molar-refractivity contribution in [2.45, 2.75) is 57.5 Å². The van der Waals surface area contributed by atoms with E-state index in [0.717, 1.165) is 31.4 Å². The van der Waals surface area contributed by atoms with Crippen LogP contribution in [-0.4, -0.2) is 40.7 Å². The van der Waals surface area contributed by atoms with E-state index < -0.39 is 5.63 Å². The number of carbonyl (C=O) groups is 1. The van der Waals surface area contributed by atoms with Gasteiger partial charge >= 0.3 is 5.63 Å². The van der Waals surface area contributed by atoms with Gasteiger partial charge in [-0.25, -0.2) is 4.79 Å². The van der Waals surface area contributed by atoms with Gasteiger partial charge in [0.15, 0.2) is 0 Å². The second-order valence-electron chi connectivity index (χ2n) is 8.13. The van der Waals surface area contributed by atoms with E-state index >= 15 is 0 Å². The van der Waals surface area contributed by atoms with Gasteiger partial charge in [-0.1, -0.05) is 0 Å². The molecule has 2 aliphatic heterocycles. The van der Waals surface area contributed by atoms with Crippen molar-refractivity contribution in [1.29, 1.82) is 0 Å². The fourth-order valence-electron chi connectivity index (χ4n) is 4.41. The number of H-pyrrole nitrogens is 1. The van der Waals surface area contributed by atoms with Crippen LogP contribution < -0.4 is 5.63 Å². The molecule has 1 amide bonds. The van der Waals surface area contributed by atoms with Crippen molar-refractivity contribution in [3.8, 4) is 0 Å². The number of amides is 1. The molecule has 7 nitrogen and oxygen atoms in total. The highest BCUT2D eigenvalue weighted by atomic mass is 16.5. The Bertz CT molecular complexity index is 967. The lowest BCUT2D eigenvalue weighted by atomic mass is 10.1. The van der Waals surface area contributed by atoms with Gasteiger partial charge in [-0.3, -0.25) is 9.89 Å². The number of aromatic amines is 1. The van der Waals surface area contributed by atoms with E-state index in [1.807, 2.05) is 0 Å². The van der Waals surface area contributed by atoms with Gasteiger partial charge in [0.25, 0.3) is 5.91 Å². The second-order valence-corrected chi connectivity index (χ2v) is 8.13. The summed E-state index contributed by atoms with van der Waals surface area (Å²) in [7, 11) is 0. The largest absolute Gasteiger partial charge is 0.424 e. The summed E-state index contributed by atoms with van der Waals surface area (Å²) < 4.78 is 11.1. The molecule has 2 aromatic heterocycles. The summed E-state index contributed by atoms with van der Waals surface area (Å²) in [4.78, 5) is 27.5. The molecular formula is C21H25N3O4. The predicted octanol–water partition coefficient (Wildman–Crippen LogP) is 2.64. The molecule has 1 atom stereocenters. The molecule has 3 aliphatic rings. The number of fused-ring (bicyclic) bond motifs is 1. The van der Waals surface area contributed by atoms with E-state index in [2.05, 4.69) is 10.2 Å². The number of hydrogen-bond donors (Lipinski definition) is 1. The Morgan fingerprint density at radius 3 is 2.79 bits per heavy atom. The number of aromatic nitrogens is 2. The van der Waals surface area contributed by atoms with Gasteiger partial charge in [0.2, 0.25) is 0 Å². The monoisotopic (exact) mass is 383 g/mol. The van der Waals surface area contributed by atoms with E-state index in [1.165, 1.54) is 24.1 Å². The van der Waals surface area contributed by atoms with Gasteiger partial charge in [-0.15, -0.1) is 0 Å². The molecule has 1 unspecified atom stereocenters. The normalized spacial score (nSPS) is 22.2. The van der Waals surface area contributed by atoms with Crippen LogP contribution in [0.15, 0.2) is 15.3 Å². The number of carbonyl (C=O) groups excluding carboxylic acids is 1. The van der Waals surface area contributed by atoms with Gasteiger partial charge in [0, 0.05) is 37.7 Å². The topological polar surface area (TPSA) is 88.4 Å². The second kappa shape index (κ2) is 6.88. The van der Waals surface area contributed by atoms with Gasteiger partial charge in [-0.05, 0) is 56.2 Å². The third kappa shape index (κ3) is 3.07. The Kier molecular flexibility index (Phi) is 4.34. The molecule has 1 saturated carbocycles. The summed E-state index contributed by atoms with van der Waals surface area (Å²) in [5, 5.41) is 7.67. The molecule has 1 aliphatic carbocycles. The fourth-order valence-corrected chi connectivity index (χ4v) is 4.41. The standard InChI is InChI=1S/C21H25N3O4/c1-12-11-17(16-3-2-10-27-16)28-21(26)18(12)20(25)24-8-6-14-15(7-9-24)22-23-19(14)13-4-5-13/h11,13,16H,2-10H2,1H3,(H,22,23). The fraction of sp³-hybridized carbons (Fsp3) is 0.571. The first-order valence-corrected chi connectivity index (χ1v) is 10.2. The lowest BCUT2D eigenvalue weighted by Gasteiger charge is -2.21. The van der Waals surface area contributed by atoms with Gasteiger partial charge in [-0.2, -0.15) is 5.10 Å². The van der Waals surface area contributed by atoms with Crippen molar-refractivity contribution in [3.05, 3.63) is 50.3 Å². The van der Waals surface area contributed by atoms with E-state index in [-0.39, 0.29) is 17.6 Å².